The molecule has 0 aliphatic heterocycles. The summed E-state index contributed by atoms with van der Waals surface area (Å²) < 4.78 is 81.6. The molecule has 0 amide bonds. The van der Waals surface area contributed by atoms with E-state index in [1.54, 1.807) is 13.8 Å². The number of hydrogen-bond donors (Lipinski definition) is 0. The van der Waals surface area contributed by atoms with Crippen LogP contribution in [0.1, 0.15) is 36.2 Å². The average Bonchev–Trinajstić information content (AvgIpc) is 2.34. The van der Waals surface area contributed by atoms with Crippen molar-refractivity contribution in [1.82, 2.24) is 0 Å². The van der Waals surface area contributed by atoms with Crippen LogP contribution in [0.4, 0.5) is 26.3 Å². The van der Waals surface area contributed by atoms with Crippen LogP contribution in [0.15, 0.2) is 6.07 Å². The molecular weight excluding hydrogens is 302 g/mol. The van der Waals surface area contributed by atoms with Gasteiger partial charge in [0, 0.05) is 0 Å². The van der Waals surface area contributed by atoms with E-state index < -0.39 is 40.7 Å². The van der Waals surface area contributed by atoms with Gasteiger partial charge in [0.25, 0.3) is 0 Å². The second-order valence-electron chi connectivity index (χ2n) is 4.73. The van der Waals surface area contributed by atoms with Gasteiger partial charge in [0.15, 0.2) is 17.5 Å². The average molecular weight is 314 g/mol. The van der Waals surface area contributed by atoms with E-state index in [9.17, 15) is 31.1 Å². The molecule has 0 saturated carbocycles. The first-order chi connectivity index (χ1) is 9.55. The lowest BCUT2D eigenvalue weighted by molar-refractivity contribution is -0.140. The second kappa shape index (κ2) is 6.36. The van der Waals surface area contributed by atoms with Gasteiger partial charge < -0.3 is 4.74 Å². The van der Waals surface area contributed by atoms with Crippen molar-refractivity contribution < 1.29 is 35.9 Å². The van der Waals surface area contributed by atoms with E-state index in [0.29, 0.717) is 6.42 Å². The summed E-state index contributed by atoms with van der Waals surface area (Å²) in [5, 5.41) is 0. The van der Waals surface area contributed by atoms with E-state index in [0.717, 1.165) is 0 Å². The molecule has 0 bridgehead atoms. The fourth-order valence-electron chi connectivity index (χ4n) is 1.42. The minimum Gasteiger partial charge on any atom is -0.462 e. The van der Waals surface area contributed by atoms with E-state index in [-0.39, 0.29) is 18.6 Å². The Hall–Kier alpha value is -1.73. The van der Waals surface area contributed by atoms with Gasteiger partial charge in [-0.3, -0.25) is 0 Å². The van der Waals surface area contributed by atoms with E-state index in [1.807, 2.05) is 0 Å². The zero-order chi connectivity index (χ0) is 16.4. The predicted molar refractivity (Wildman–Crippen MR) is 61.1 cm³/mol. The lowest BCUT2D eigenvalue weighted by Gasteiger charge is -2.12. The number of benzene rings is 1. The Balaban J connectivity index is 3.13. The molecule has 118 valence electrons. The van der Waals surface area contributed by atoms with Crippen LogP contribution in [0.5, 0.6) is 0 Å². The molecule has 0 radical (unpaired) electrons. The number of rotatable bonds is 4. The monoisotopic (exact) mass is 314 g/mol. The highest BCUT2D eigenvalue weighted by molar-refractivity contribution is 5.90. The molecule has 2 nitrogen and oxygen atoms in total. The highest BCUT2D eigenvalue weighted by Crippen LogP contribution is 2.34. The summed E-state index contributed by atoms with van der Waals surface area (Å²) in [6, 6.07) is -0.0918. The molecular formula is C13H12F6O2. The number of ether oxygens (including phenoxy) is 1. The van der Waals surface area contributed by atoms with Crippen molar-refractivity contribution in [3.05, 3.63) is 34.6 Å². The zero-order valence-electron chi connectivity index (χ0n) is 11.2. The molecule has 0 fully saturated rings. The first-order valence-electron chi connectivity index (χ1n) is 5.97. The van der Waals surface area contributed by atoms with Gasteiger partial charge in [-0.05, 0) is 18.4 Å². The van der Waals surface area contributed by atoms with E-state index in [4.69, 9.17) is 0 Å². The fraction of sp³-hybridized carbons (Fsp3) is 0.462. The van der Waals surface area contributed by atoms with Gasteiger partial charge in [-0.2, -0.15) is 13.2 Å². The van der Waals surface area contributed by atoms with Crippen LogP contribution in [0.3, 0.4) is 0 Å². The van der Waals surface area contributed by atoms with E-state index >= 15 is 0 Å². The first-order valence-corrected chi connectivity index (χ1v) is 5.97. The predicted octanol–water partition coefficient (Wildman–Crippen LogP) is 4.33. The normalized spacial score (nSPS) is 11.9. The van der Waals surface area contributed by atoms with Crippen molar-refractivity contribution >= 4 is 5.97 Å². The maximum atomic E-state index is 13.4. The molecule has 0 saturated heterocycles. The third-order valence-corrected chi connectivity index (χ3v) is 2.60. The Morgan fingerprint density at radius 2 is 1.71 bits per heavy atom. The summed E-state index contributed by atoms with van der Waals surface area (Å²) in [6.45, 7) is 3.43. The van der Waals surface area contributed by atoms with Crippen molar-refractivity contribution in [1.29, 1.82) is 0 Å². The van der Waals surface area contributed by atoms with Crippen molar-refractivity contribution in [2.75, 3.05) is 6.61 Å². The third-order valence-electron chi connectivity index (χ3n) is 2.60. The summed E-state index contributed by atoms with van der Waals surface area (Å²) in [5.41, 5.74) is -3.35. The maximum absolute atomic E-state index is 13.4. The van der Waals surface area contributed by atoms with Gasteiger partial charge in [-0.25, -0.2) is 18.0 Å². The van der Waals surface area contributed by atoms with Gasteiger partial charge >= 0.3 is 12.1 Å². The Morgan fingerprint density at radius 1 is 1.14 bits per heavy atom. The third kappa shape index (κ3) is 4.12. The molecule has 1 aromatic carbocycles. The number of esters is 1. The van der Waals surface area contributed by atoms with Crippen LogP contribution < -0.4 is 0 Å². The second-order valence-corrected chi connectivity index (χ2v) is 4.73. The van der Waals surface area contributed by atoms with Gasteiger partial charge in [0.05, 0.1) is 17.7 Å². The van der Waals surface area contributed by atoms with Crippen molar-refractivity contribution in [3.8, 4) is 0 Å². The van der Waals surface area contributed by atoms with Crippen LogP contribution in [0.25, 0.3) is 0 Å². The highest BCUT2D eigenvalue weighted by Gasteiger charge is 2.38. The topological polar surface area (TPSA) is 26.3 Å². The Kier molecular flexibility index (Phi) is 5.25. The fourth-order valence-corrected chi connectivity index (χ4v) is 1.42. The molecule has 0 aliphatic carbocycles. The number of alkyl halides is 3. The molecule has 0 spiro atoms. The largest absolute Gasteiger partial charge is 0.462 e. The number of halogens is 6. The molecule has 21 heavy (non-hydrogen) atoms. The molecule has 8 heteroatoms. The van der Waals surface area contributed by atoms with Crippen molar-refractivity contribution in [2.45, 2.75) is 26.4 Å². The molecule has 0 heterocycles. The SMILES string of the molecule is CC(C)CCOC(=O)c1cc(C(F)(F)F)c(F)c(F)c1F. The van der Waals surface area contributed by atoms with E-state index in [2.05, 4.69) is 4.74 Å². The molecule has 0 N–H and O–H groups in total. The Labute approximate surface area is 116 Å². The van der Waals surface area contributed by atoms with Crippen LogP contribution in [0.2, 0.25) is 0 Å². The number of carbonyl (C=O) groups is 1. The molecule has 1 aromatic rings. The highest BCUT2D eigenvalue weighted by atomic mass is 19.4. The van der Waals surface area contributed by atoms with Crippen molar-refractivity contribution in [3.63, 3.8) is 0 Å². The smallest absolute Gasteiger partial charge is 0.419 e. The molecule has 0 aromatic heterocycles. The van der Waals surface area contributed by atoms with Crippen LogP contribution in [-0.4, -0.2) is 12.6 Å². The first kappa shape index (κ1) is 17.3. The molecule has 0 aliphatic rings. The summed E-state index contributed by atoms with van der Waals surface area (Å²) in [5.74, 6) is -8.09. The maximum Gasteiger partial charge on any atom is 0.419 e. The summed E-state index contributed by atoms with van der Waals surface area (Å²) in [4.78, 5) is 11.5. The number of carbonyl (C=O) groups excluding carboxylic acids is 1. The lowest BCUT2D eigenvalue weighted by Crippen LogP contribution is -2.17. The summed E-state index contributed by atoms with van der Waals surface area (Å²) in [6.07, 6.45) is -4.87. The van der Waals surface area contributed by atoms with Crippen LogP contribution in [-0.2, 0) is 10.9 Å². The Morgan fingerprint density at radius 3 is 2.19 bits per heavy atom. The lowest BCUT2D eigenvalue weighted by atomic mass is 10.1. The summed E-state index contributed by atoms with van der Waals surface area (Å²) in [7, 11) is 0. The minimum atomic E-state index is -5.26. The summed E-state index contributed by atoms with van der Waals surface area (Å²) >= 11 is 0. The molecule has 1 rings (SSSR count). The molecule has 0 atom stereocenters. The van der Waals surface area contributed by atoms with Gasteiger partial charge in [0.1, 0.15) is 0 Å². The molecule has 0 unspecified atom stereocenters. The minimum absolute atomic E-state index is 0.0918. The van der Waals surface area contributed by atoms with Gasteiger partial charge in [-0.1, -0.05) is 13.8 Å². The Bertz CT molecular complexity index is 536. The van der Waals surface area contributed by atoms with Gasteiger partial charge in [-0.15, -0.1) is 0 Å². The number of hydrogen-bond acceptors (Lipinski definition) is 2. The van der Waals surface area contributed by atoms with Crippen molar-refractivity contribution in [2.24, 2.45) is 5.92 Å². The van der Waals surface area contributed by atoms with Crippen LogP contribution in [0, 0.1) is 23.4 Å². The standard InChI is InChI=1S/C13H12F6O2/c1-6(2)3-4-21-12(20)7-5-8(13(17,18)19)10(15)11(16)9(7)14/h5-6H,3-4H2,1-2H3. The quantitative estimate of drug-likeness (QED) is 0.470. The van der Waals surface area contributed by atoms with E-state index in [1.165, 1.54) is 0 Å². The zero-order valence-corrected chi connectivity index (χ0v) is 11.2. The van der Waals surface area contributed by atoms with Crippen LogP contribution >= 0.6 is 0 Å². The van der Waals surface area contributed by atoms with Gasteiger partial charge in [0.2, 0.25) is 0 Å².